The lowest BCUT2D eigenvalue weighted by Gasteiger charge is -2.03. The number of carbonyl (C=O) groups excluding carboxylic acids is 2. The normalized spacial score (nSPS) is 12.2. The molecule has 1 aliphatic carbocycles. The largest absolute Gasteiger partial charge is 0.462 e. The zero-order valence-corrected chi connectivity index (χ0v) is 10.7. The van der Waals surface area contributed by atoms with Gasteiger partial charge in [-0.05, 0) is 13.8 Å². The quantitative estimate of drug-likeness (QED) is 0.716. The molecule has 1 aromatic heterocycles. The van der Waals surface area contributed by atoms with Gasteiger partial charge in [-0.3, -0.25) is 4.79 Å². The van der Waals surface area contributed by atoms with Crippen LogP contribution in [0.25, 0.3) is 11.3 Å². The molecule has 0 bridgehead atoms. The summed E-state index contributed by atoms with van der Waals surface area (Å²) in [5.41, 5.74) is 3.68. The number of benzene rings is 1. The Labute approximate surface area is 110 Å². The Morgan fingerprint density at radius 1 is 1.26 bits per heavy atom. The molecule has 0 saturated carbocycles. The number of hydrogen-bond acceptors (Lipinski definition) is 3. The fraction of sp³-hybridized carbons (Fsp3) is 0.200. The van der Waals surface area contributed by atoms with Gasteiger partial charge in [0.05, 0.1) is 23.4 Å². The maximum absolute atomic E-state index is 12.4. The van der Waals surface area contributed by atoms with Crippen LogP contribution in [0.1, 0.15) is 38.9 Å². The molecule has 4 heteroatoms. The number of ether oxygens (including phenoxy) is 1. The van der Waals surface area contributed by atoms with Crippen molar-refractivity contribution in [2.45, 2.75) is 13.8 Å². The number of ketones is 1. The van der Waals surface area contributed by atoms with E-state index in [0.717, 1.165) is 11.3 Å². The van der Waals surface area contributed by atoms with E-state index in [0.29, 0.717) is 29.0 Å². The van der Waals surface area contributed by atoms with Crippen molar-refractivity contribution in [2.24, 2.45) is 0 Å². The molecule has 2 aromatic rings. The van der Waals surface area contributed by atoms with Crippen LogP contribution in [0.15, 0.2) is 24.3 Å². The third-order valence-electron chi connectivity index (χ3n) is 3.34. The van der Waals surface area contributed by atoms with E-state index in [1.807, 2.05) is 18.2 Å². The lowest BCUT2D eigenvalue weighted by Crippen LogP contribution is -2.10. The minimum absolute atomic E-state index is 0.113. The van der Waals surface area contributed by atoms with Gasteiger partial charge in [0, 0.05) is 16.8 Å². The molecule has 1 N–H and O–H groups in total. The van der Waals surface area contributed by atoms with E-state index < -0.39 is 5.97 Å². The minimum atomic E-state index is -0.446. The van der Waals surface area contributed by atoms with Crippen LogP contribution < -0.4 is 0 Å². The lowest BCUT2D eigenvalue weighted by atomic mass is 10.1. The first-order valence-electron chi connectivity index (χ1n) is 6.19. The molecule has 4 nitrogen and oxygen atoms in total. The highest BCUT2D eigenvalue weighted by atomic mass is 16.5. The number of fused-ring (bicyclic) bond motifs is 3. The molecule has 1 heterocycles. The van der Waals surface area contributed by atoms with Gasteiger partial charge in [-0.15, -0.1) is 0 Å². The Kier molecular flexibility index (Phi) is 2.52. The van der Waals surface area contributed by atoms with Crippen molar-refractivity contribution in [3.8, 4) is 11.3 Å². The highest BCUT2D eigenvalue weighted by Gasteiger charge is 2.34. The average molecular weight is 255 g/mol. The number of hydrogen-bond donors (Lipinski definition) is 1. The Hall–Kier alpha value is -2.36. The van der Waals surface area contributed by atoms with Crippen molar-refractivity contribution >= 4 is 11.8 Å². The van der Waals surface area contributed by atoms with Gasteiger partial charge in [0.2, 0.25) is 0 Å². The molecule has 0 atom stereocenters. The first kappa shape index (κ1) is 11.7. The molecular weight excluding hydrogens is 242 g/mol. The van der Waals surface area contributed by atoms with E-state index >= 15 is 0 Å². The molecule has 0 aliphatic heterocycles. The number of H-pyrrole nitrogens is 1. The van der Waals surface area contributed by atoms with Crippen molar-refractivity contribution in [1.29, 1.82) is 0 Å². The molecule has 3 rings (SSSR count). The molecule has 0 fully saturated rings. The SMILES string of the molecule is CCOC(=O)c1c(C)[nH]c2c1C(=O)c1ccccc1-2. The minimum Gasteiger partial charge on any atom is -0.462 e. The molecule has 96 valence electrons. The summed E-state index contributed by atoms with van der Waals surface area (Å²) in [4.78, 5) is 27.5. The van der Waals surface area contributed by atoms with E-state index in [9.17, 15) is 9.59 Å². The number of nitrogens with one attached hydrogen (secondary N) is 1. The van der Waals surface area contributed by atoms with Crippen LogP contribution in [-0.4, -0.2) is 23.3 Å². The standard InChI is InChI=1S/C15H13NO3/c1-3-19-15(18)11-8(2)16-13-9-6-4-5-7-10(9)14(17)12(11)13/h4-7,16H,3H2,1-2H3. The number of aromatic amines is 1. The fourth-order valence-corrected chi connectivity index (χ4v) is 2.55. The summed E-state index contributed by atoms with van der Waals surface area (Å²) in [7, 11) is 0. The van der Waals surface area contributed by atoms with E-state index in [1.54, 1.807) is 19.9 Å². The monoisotopic (exact) mass is 255 g/mol. The smallest absolute Gasteiger partial charge is 0.340 e. The summed E-state index contributed by atoms with van der Waals surface area (Å²) in [5.74, 6) is -0.559. The van der Waals surface area contributed by atoms with E-state index in [4.69, 9.17) is 4.74 Å². The van der Waals surface area contributed by atoms with Crippen LogP contribution in [0, 0.1) is 6.92 Å². The third kappa shape index (κ3) is 1.53. The summed E-state index contributed by atoms with van der Waals surface area (Å²) < 4.78 is 5.03. The van der Waals surface area contributed by atoms with Crippen LogP contribution in [0.4, 0.5) is 0 Å². The number of aromatic nitrogens is 1. The summed E-state index contributed by atoms with van der Waals surface area (Å²) in [6.45, 7) is 3.82. The second-order valence-corrected chi connectivity index (χ2v) is 4.47. The molecule has 1 aromatic carbocycles. The number of esters is 1. The zero-order valence-electron chi connectivity index (χ0n) is 10.7. The summed E-state index contributed by atoms with van der Waals surface area (Å²) in [6, 6.07) is 7.35. The van der Waals surface area contributed by atoms with Gasteiger partial charge >= 0.3 is 5.97 Å². The van der Waals surface area contributed by atoms with Gasteiger partial charge < -0.3 is 9.72 Å². The van der Waals surface area contributed by atoms with E-state index in [1.165, 1.54) is 0 Å². The molecule has 0 unspecified atom stereocenters. The van der Waals surface area contributed by atoms with Crippen LogP contribution in [0.5, 0.6) is 0 Å². The maximum Gasteiger partial charge on any atom is 0.340 e. The molecular formula is C15H13NO3. The number of aryl methyl sites for hydroxylation is 1. The molecule has 19 heavy (non-hydrogen) atoms. The van der Waals surface area contributed by atoms with Gasteiger partial charge in [-0.2, -0.15) is 0 Å². The van der Waals surface area contributed by atoms with Crippen molar-refractivity contribution in [3.05, 3.63) is 46.6 Å². The van der Waals surface area contributed by atoms with Gasteiger partial charge in [-0.25, -0.2) is 4.79 Å². The lowest BCUT2D eigenvalue weighted by molar-refractivity contribution is 0.0523. The van der Waals surface area contributed by atoms with Crippen LogP contribution >= 0.6 is 0 Å². The average Bonchev–Trinajstić information content (AvgIpc) is 2.87. The Morgan fingerprint density at radius 3 is 2.63 bits per heavy atom. The van der Waals surface area contributed by atoms with Crippen LogP contribution in [0.2, 0.25) is 0 Å². The molecule has 0 radical (unpaired) electrons. The molecule has 1 aliphatic rings. The van der Waals surface area contributed by atoms with Crippen LogP contribution in [-0.2, 0) is 4.74 Å². The van der Waals surface area contributed by atoms with Crippen LogP contribution in [0.3, 0.4) is 0 Å². The fourth-order valence-electron chi connectivity index (χ4n) is 2.55. The predicted octanol–water partition coefficient (Wildman–Crippen LogP) is 2.71. The molecule has 0 saturated heterocycles. The second kappa shape index (κ2) is 4.09. The molecule has 0 amide bonds. The van der Waals surface area contributed by atoms with Gasteiger partial charge in [-0.1, -0.05) is 24.3 Å². The van der Waals surface area contributed by atoms with Crippen molar-refractivity contribution < 1.29 is 14.3 Å². The first-order chi connectivity index (χ1) is 9.15. The molecule has 0 spiro atoms. The number of rotatable bonds is 2. The maximum atomic E-state index is 12.4. The van der Waals surface area contributed by atoms with Gasteiger partial charge in [0.1, 0.15) is 0 Å². The van der Waals surface area contributed by atoms with Gasteiger partial charge in [0.25, 0.3) is 0 Å². The van der Waals surface area contributed by atoms with E-state index in [2.05, 4.69) is 4.98 Å². The summed E-state index contributed by atoms with van der Waals surface area (Å²) >= 11 is 0. The van der Waals surface area contributed by atoms with Crippen molar-refractivity contribution in [2.75, 3.05) is 6.61 Å². The first-order valence-corrected chi connectivity index (χ1v) is 6.19. The Balaban J connectivity index is 2.22. The summed E-state index contributed by atoms with van der Waals surface area (Å²) in [6.07, 6.45) is 0. The van der Waals surface area contributed by atoms with Crippen molar-refractivity contribution in [1.82, 2.24) is 4.98 Å². The zero-order chi connectivity index (χ0) is 13.6. The predicted molar refractivity (Wildman–Crippen MR) is 70.4 cm³/mol. The Morgan fingerprint density at radius 2 is 1.95 bits per heavy atom. The number of carbonyl (C=O) groups is 2. The Bertz CT molecular complexity index is 697. The van der Waals surface area contributed by atoms with E-state index in [-0.39, 0.29) is 5.78 Å². The second-order valence-electron chi connectivity index (χ2n) is 4.47. The highest BCUT2D eigenvalue weighted by Crippen LogP contribution is 2.39. The highest BCUT2D eigenvalue weighted by molar-refractivity contribution is 6.25. The summed E-state index contributed by atoms with van der Waals surface area (Å²) in [5, 5.41) is 0. The topological polar surface area (TPSA) is 59.2 Å². The van der Waals surface area contributed by atoms with Gasteiger partial charge in [0.15, 0.2) is 5.78 Å². The third-order valence-corrected chi connectivity index (χ3v) is 3.34. The van der Waals surface area contributed by atoms with Crippen molar-refractivity contribution in [3.63, 3.8) is 0 Å².